The number of nitrogens with zero attached hydrogens (tertiary/aromatic N) is 3. The first-order valence-electron chi connectivity index (χ1n) is 9.81. The van der Waals surface area contributed by atoms with Gasteiger partial charge in [0.1, 0.15) is 5.69 Å². The maximum absolute atomic E-state index is 13.4. The fraction of sp³-hybridized carbons (Fsp3) is 0.0800. The summed E-state index contributed by atoms with van der Waals surface area (Å²) in [5.74, 6) is 0.257. The summed E-state index contributed by atoms with van der Waals surface area (Å²) in [6.45, 7) is 1.05. The molecule has 1 amide bonds. The van der Waals surface area contributed by atoms with Crippen LogP contribution in [0.15, 0.2) is 103 Å². The molecular formula is C25H22N4O. The van der Waals surface area contributed by atoms with Crippen molar-refractivity contribution in [1.29, 1.82) is 0 Å². The van der Waals surface area contributed by atoms with Gasteiger partial charge in [0.2, 0.25) is 5.95 Å². The molecule has 5 nitrogen and oxygen atoms in total. The lowest BCUT2D eigenvalue weighted by Gasteiger charge is -2.23. The Labute approximate surface area is 176 Å². The summed E-state index contributed by atoms with van der Waals surface area (Å²) >= 11 is 0. The monoisotopic (exact) mass is 394 g/mol. The molecule has 1 N–H and O–H groups in total. The Morgan fingerprint density at radius 2 is 1.37 bits per heavy atom. The quantitative estimate of drug-likeness (QED) is 0.483. The van der Waals surface area contributed by atoms with Crippen LogP contribution in [0.4, 0.5) is 11.6 Å². The number of carbonyl (C=O) groups is 1. The number of amides is 1. The van der Waals surface area contributed by atoms with E-state index in [1.54, 1.807) is 17.2 Å². The van der Waals surface area contributed by atoms with E-state index in [1.165, 1.54) is 0 Å². The van der Waals surface area contributed by atoms with Crippen LogP contribution in [0.25, 0.3) is 0 Å². The van der Waals surface area contributed by atoms with Gasteiger partial charge < -0.3 is 10.2 Å². The Kier molecular flexibility index (Phi) is 6.11. The molecule has 0 fully saturated rings. The largest absolute Gasteiger partial charge is 0.350 e. The third-order valence-corrected chi connectivity index (χ3v) is 4.66. The molecule has 148 valence electrons. The number of carbonyl (C=O) groups excluding carboxylic acids is 1. The van der Waals surface area contributed by atoms with Gasteiger partial charge in [-0.2, -0.15) is 0 Å². The SMILES string of the molecule is O=C(c1ccnc(NCc2ccccc2)n1)N(Cc1ccccc1)c1ccccc1. The minimum atomic E-state index is -0.171. The highest BCUT2D eigenvalue weighted by molar-refractivity contribution is 6.04. The van der Waals surface area contributed by atoms with Gasteiger partial charge in [-0.25, -0.2) is 9.97 Å². The number of hydrogen-bond acceptors (Lipinski definition) is 4. The molecule has 1 heterocycles. The second-order valence-electron chi connectivity index (χ2n) is 6.82. The molecule has 0 aliphatic heterocycles. The average Bonchev–Trinajstić information content (AvgIpc) is 2.83. The smallest absolute Gasteiger partial charge is 0.277 e. The standard InChI is InChI=1S/C25H22N4O/c30-24(23-16-17-26-25(28-23)27-18-20-10-4-1-5-11-20)29(22-14-8-3-9-15-22)19-21-12-6-2-7-13-21/h1-17H,18-19H2,(H,26,27,28). The molecule has 30 heavy (non-hydrogen) atoms. The molecule has 4 rings (SSSR count). The van der Waals surface area contributed by atoms with Crippen LogP contribution in [0.1, 0.15) is 21.6 Å². The number of nitrogens with one attached hydrogen (secondary N) is 1. The Morgan fingerprint density at radius 3 is 2.03 bits per heavy atom. The van der Waals surface area contributed by atoms with Crippen LogP contribution < -0.4 is 10.2 Å². The molecule has 5 heteroatoms. The molecule has 0 bridgehead atoms. The molecule has 3 aromatic carbocycles. The van der Waals surface area contributed by atoms with Crippen molar-refractivity contribution in [2.75, 3.05) is 10.2 Å². The van der Waals surface area contributed by atoms with Gasteiger partial charge in [-0.1, -0.05) is 78.9 Å². The second kappa shape index (κ2) is 9.47. The van der Waals surface area contributed by atoms with E-state index in [2.05, 4.69) is 15.3 Å². The molecule has 0 aliphatic carbocycles. The number of anilines is 2. The molecule has 0 aliphatic rings. The van der Waals surface area contributed by atoms with Crippen molar-refractivity contribution >= 4 is 17.5 Å². The summed E-state index contributed by atoms with van der Waals surface area (Å²) in [6.07, 6.45) is 1.61. The summed E-state index contributed by atoms with van der Waals surface area (Å²) in [5, 5.41) is 3.19. The summed E-state index contributed by atoms with van der Waals surface area (Å²) in [6, 6.07) is 31.2. The molecule has 4 aromatic rings. The van der Waals surface area contributed by atoms with E-state index in [1.807, 2.05) is 91.0 Å². The fourth-order valence-corrected chi connectivity index (χ4v) is 3.13. The van der Waals surface area contributed by atoms with Gasteiger partial charge in [0.05, 0.1) is 6.54 Å². The predicted molar refractivity (Wildman–Crippen MR) is 119 cm³/mol. The van der Waals surface area contributed by atoms with Gasteiger partial charge in [0.15, 0.2) is 0 Å². The van der Waals surface area contributed by atoms with Crippen LogP contribution in [-0.4, -0.2) is 15.9 Å². The highest BCUT2D eigenvalue weighted by Gasteiger charge is 2.20. The van der Waals surface area contributed by atoms with Crippen molar-refractivity contribution in [3.05, 3.63) is 120 Å². The molecule has 0 saturated carbocycles. The van der Waals surface area contributed by atoms with Crippen molar-refractivity contribution in [1.82, 2.24) is 9.97 Å². The van der Waals surface area contributed by atoms with Crippen LogP contribution in [0.3, 0.4) is 0 Å². The van der Waals surface area contributed by atoms with E-state index in [4.69, 9.17) is 0 Å². The first kappa shape index (κ1) is 19.3. The molecule has 0 saturated heterocycles. The summed E-state index contributed by atoms with van der Waals surface area (Å²) in [5.41, 5.74) is 3.34. The van der Waals surface area contributed by atoms with Crippen molar-refractivity contribution in [2.45, 2.75) is 13.1 Å². The van der Waals surface area contributed by atoms with E-state index in [0.717, 1.165) is 16.8 Å². The second-order valence-corrected chi connectivity index (χ2v) is 6.82. The lowest BCUT2D eigenvalue weighted by molar-refractivity contribution is 0.0980. The average molecular weight is 394 g/mol. The zero-order valence-electron chi connectivity index (χ0n) is 16.5. The Bertz CT molecular complexity index is 1090. The summed E-state index contributed by atoms with van der Waals surface area (Å²) < 4.78 is 0. The van der Waals surface area contributed by atoms with E-state index in [0.29, 0.717) is 24.7 Å². The van der Waals surface area contributed by atoms with Crippen LogP contribution in [0.2, 0.25) is 0 Å². The van der Waals surface area contributed by atoms with Gasteiger partial charge in [0.25, 0.3) is 5.91 Å². The predicted octanol–water partition coefficient (Wildman–Crippen LogP) is 4.94. The van der Waals surface area contributed by atoms with E-state index in [-0.39, 0.29) is 5.91 Å². The zero-order chi connectivity index (χ0) is 20.6. The topological polar surface area (TPSA) is 58.1 Å². The van der Waals surface area contributed by atoms with Gasteiger partial charge in [0, 0.05) is 18.4 Å². The highest BCUT2D eigenvalue weighted by Crippen LogP contribution is 2.20. The maximum Gasteiger partial charge on any atom is 0.277 e. The maximum atomic E-state index is 13.4. The first-order valence-corrected chi connectivity index (χ1v) is 9.81. The summed E-state index contributed by atoms with van der Waals surface area (Å²) in [7, 11) is 0. The van der Waals surface area contributed by atoms with Crippen LogP contribution in [-0.2, 0) is 13.1 Å². The van der Waals surface area contributed by atoms with E-state index >= 15 is 0 Å². The Morgan fingerprint density at radius 1 is 0.767 bits per heavy atom. The molecule has 0 spiro atoms. The fourth-order valence-electron chi connectivity index (χ4n) is 3.13. The Hall–Kier alpha value is -3.99. The van der Waals surface area contributed by atoms with Crippen molar-refractivity contribution in [3.63, 3.8) is 0 Å². The minimum absolute atomic E-state index is 0.171. The third-order valence-electron chi connectivity index (χ3n) is 4.66. The van der Waals surface area contributed by atoms with Gasteiger partial charge in [-0.3, -0.25) is 4.79 Å². The van der Waals surface area contributed by atoms with Crippen LogP contribution in [0.5, 0.6) is 0 Å². The lowest BCUT2D eigenvalue weighted by atomic mass is 10.2. The normalized spacial score (nSPS) is 10.4. The number of aromatic nitrogens is 2. The minimum Gasteiger partial charge on any atom is -0.350 e. The van der Waals surface area contributed by atoms with Gasteiger partial charge in [-0.05, 0) is 29.3 Å². The Balaban J connectivity index is 1.56. The number of para-hydroxylation sites is 1. The molecular weight excluding hydrogens is 372 g/mol. The van der Waals surface area contributed by atoms with Crippen LogP contribution in [0, 0.1) is 0 Å². The number of hydrogen-bond donors (Lipinski definition) is 1. The molecule has 0 atom stereocenters. The molecule has 1 aromatic heterocycles. The van der Waals surface area contributed by atoms with Crippen molar-refractivity contribution in [3.8, 4) is 0 Å². The van der Waals surface area contributed by atoms with E-state index in [9.17, 15) is 4.79 Å². The van der Waals surface area contributed by atoms with Crippen LogP contribution >= 0.6 is 0 Å². The summed E-state index contributed by atoms with van der Waals surface area (Å²) in [4.78, 5) is 23.8. The highest BCUT2D eigenvalue weighted by atomic mass is 16.2. The first-order chi connectivity index (χ1) is 14.8. The molecule has 0 radical (unpaired) electrons. The lowest BCUT2D eigenvalue weighted by Crippen LogP contribution is -2.31. The third kappa shape index (κ3) is 4.89. The van der Waals surface area contributed by atoms with Gasteiger partial charge in [-0.15, -0.1) is 0 Å². The number of rotatable bonds is 7. The van der Waals surface area contributed by atoms with Crippen molar-refractivity contribution in [2.24, 2.45) is 0 Å². The number of benzene rings is 3. The molecule has 0 unspecified atom stereocenters. The van der Waals surface area contributed by atoms with E-state index < -0.39 is 0 Å². The van der Waals surface area contributed by atoms with Gasteiger partial charge >= 0.3 is 0 Å². The van der Waals surface area contributed by atoms with Crippen molar-refractivity contribution < 1.29 is 4.79 Å². The zero-order valence-corrected chi connectivity index (χ0v) is 16.5.